The maximum atomic E-state index is 13.3. The standard InChI is InChI=1S/C20H26Cl2N4O4S/c1-13(27)23-9-3-7-20(8-4-10-26(12-20)31(29)30)24-19(28)17-11-14-16(25(17)2)6-5-15(21)18(14)22/h5-6,11,31H,3-4,7-10,12H2,1-2H3,(H,23,27)(H,24,28). The highest BCUT2D eigenvalue weighted by atomic mass is 35.5. The summed E-state index contributed by atoms with van der Waals surface area (Å²) in [7, 11) is -0.970. The molecule has 1 fully saturated rings. The minimum atomic E-state index is -2.74. The molecule has 2 aromatic rings. The van der Waals surface area contributed by atoms with E-state index in [2.05, 4.69) is 10.6 Å². The fraction of sp³-hybridized carbons (Fsp3) is 0.500. The van der Waals surface area contributed by atoms with E-state index in [4.69, 9.17) is 23.2 Å². The van der Waals surface area contributed by atoms with Crippen molar-refractivity contribution in [2.24, 2.45) is 7.05 Å². The van der Waals surface area contributed by atoms with E-state index in [0.717, 1.165) is 5.52 Å². The maximum absolute atomic E-state index is 13.3. The summed E-state index contributed by atoms with van der Waals surface area (Å²) in [6.07, 6.45) is 2.43. The third-order valence-electron chi connectivity index (χ3n) is 5.72. The van der Waals surface area contributed by atoms with Gasteiger partial charge in [-0.1, -0.05) is 23.2 Å². The van der Waals surface area contributed by atoms with Gasteiger partial charge in [-0.05, 0) is 43.9 Å². The summed E-state index contributed by atoms with van der Waals surface area (Å²) in [6, 6.07) is 5.17. The molecule has 0 spiro atoms. The first-order chi connectivity index (χ1) is 14.6. The number of piperidine rings is 1. The zero-order chi connectivity index (χ0) is 22.8. The summed E-state index contributed by atoms with van der Waals surface area (Å²) >= 11 is 12.4. The van der Waals surface area contributed by atoms with Crippen molar-refractivity contribution in [3.63, 3.8) is 0 Å². The molecule has 1 saturated heterocycles. The number of hydrogen-bond donors (Lipinski definition) is 3. The van der Waals surface area contributed by atoms with Crippen molar-refractivity contribution in [3.05, 3.63) is 33.9 Å². The molecule has 31 heavy (non-hydrogen) atoms. The maximum Gasteiger partial charge on any atom is 0.268 e. The third kappa shape index (κ3) is 5.34. The number of amides is 2. The van der Waals surface area contributed by atoms with Crippen molar-refractivity contribution in [2.45, 2.75) is 38.1 Å². The van der Waals surface area contributed by atoms with Gasteiger partial charge < -0.3 is 15.2 Å². The Morgan fingerprint density at radius 1 is 1.26 bits per heavy atom. The van der Waals surface area contributed by atoms with Crippen LogP contribution in [0.3, 0.4) is 0 Å². The summed E-state index contributed by atoms with van der Waals surface area (Å²) in [5.74, 6) is -0.439. The van der Waals surface area contributed by atoms with Crippen molar-refractivity contribution in [2.75, 3.05) is 19.6 Å². The number of nitrogens with zero attached hydrogens (tertiary/aromatic N) is 2. The molecule has 1 aliphatic heterocycles. The Bertz CT molecular complexity index is 1080. The van der Waals surface area contributed by atoms with Gasteiger partial charge in [0.25, 0.3) is 5.91 Å². The Morgan fingerprint density at radius 2 is 2.00 bits per heavy atom. The average Bonchev–Trinajstić information content (AvgIpc) is 3.05. The molecule has 2 amide bonds. The molecular formula is C20H26Cl2N4O4S. The molecule has 11 heteroatoms. The lowest BCUT2D eigenvalue weighted by molar-refractivity contribution is -0.118. The van der Waals surface area contributed by atoms with E-state index in [0.29, 0.717) is 59.9 Å². The highest BCUT2D eigenvalue weighted by Gasteiger charge is 2.38. The van der Waals surface area contributed by atoms with Gasteiger partial charge in [0.1, 0.15) is 5.69 Å². The van der Waals surface area contributed by atoms with Gasteiger partial charge >= 0.3 is 0 Å². The Kier molecular flexibility index (Phi) is 7.51. The molecular weight excluding hydrogens is 463 g/mol. The number of aryl methyl sites for hydroxylation is 1. The van der Waals surface area contributed by atoms with Crippen LogP contribution in [-0.4, -0.2) is 54.3 Å². The van der Waals surface area contributed by atoms with Crippen LogP contribution in [0.4, 0.5) is 0 Å². The van der Waals surface area contributed by atoms with Crippen molar-refractivity contribution in [1.82, 2.24) is 19.5 Å². The fourth-order valence-corrected chi connectivity index (χ4v) is 5.25. The minimum Gasteiger partial charge on any atom is -0.356 e. The first-order valence-electron chi connectivity index (χ1n) is 10.0. The number of halogens is 2. The molecule has 1 aliphatic rings. The number of benzene rings is 1. The number of rotatable bonds is 7. The number of carbonyl (C=O) groups excluding carboxylic acids is 2. The van der Waals surface area contributed by atoms with E-state index < -0.39 is 16.4 Å². The van der Waals surface area contributed by atoms with E-state index in [1.54, 1.807) is 29.8 Å². The summed E-state index contributed by atoms with van der Waals surface area (Å²) in [6.45, 7) is 2.54. The van der Waals surface area contributed by atoms with Crippen molar-refractivity contribution in [1.29, 1.82) is 0 Å². The van der Waals surface area contributed by atoms with Crippen molar-refractivity contribution in [3.8, 4) is 0 Å². The molecule has 0 bridgehead atoms. The summed E-state index contributed by atoms with van der Waals surface area (Å²) in [5.41, 5.74) is 0.456. The van der Waals surface area contributed by atoms with Crippen molar-refractivity contribution < 1.29 is 18.0 Å². The van der Waals surface area contributed by atoms with Gasteiger partial charge in [-0.3, -0.25) is 9.59 Å². The van der Waals surface area contributed by atoms with Crippen LogP contribution in [0, 0.1) is 0 Å². The highest BCUT2D eigenvalue weighted by Crippen LogP contribution is 2.33. The van der Waals surface area contributed by atoms with E-state index in [1.807, 2.05) is 0 Å². The van der Waals surface area contributed by atoms with Gasteiger partial charge in [-0.25, -0.2) is 12.7 Å². The molecule has 1 aromatic heterocycles. The van der Waals surface area contributed by atoms with Gasteiger partial charge in [0, 0.05) is 44.5 Å². The van der Waals surface area contributed by atoms with Crippen LogP contribution in [-0.2, 0) is 22.7 Å². The first-order valence-corrected chi connectivity index (χ1v) is 11.9. The lowest BCUT2D eigenvalue weighted by Gasteiger charge is -2.41. The summed E-state index contributed by atoms with van der Waals surface area (Å²) in [4.78, 5) is 24.4. The Balaban J connectivity index is 1.87. The van der Waals surface area contributed by atoms with E-state index >= 15 is 0 Å². The average molecular weight is 489 g/mol. The number of hydrogen-bond acceptors (Lipinski definition) is 4. The first kappa shape index (κ1) is 23.8. The number of aromatic nitrogens is 1. The third-order valence-corrected chi connectivity index (χ3v) is 7.34. The molecule has 1 aromatic carbocycles. The fourth-order valence-electron chi connectivity index (χ4n) is 4.18. The van der Waals surface area contributed by atoms with Gasteiger partial charge in [-0.15, -0.1) is 0 Å². The van der Waals surface area contributed by atoms with Crippen molar-refractivity contribution >= 4 is 56.8 Å². The molecule has 0 saturated carbocycles. The van der Waals surface area contributed by atoms with E-state index in [-0.39, 0.29) is 18.4 Å². The molecule has 2 N–H and O–H groups in total. The van der Waals surface area contributed by atoms with Gasteiger partial charge in [0.15, 0.2) is 0 Å². The van der Waals surface area contributed by atoms with Crippen LogP contribution in [0.1, 0.15) is 43.1 Å². The Labute approximate surface area is 192 Å². The largest absolute Gasteiger partial charge is 0.356 e. The zero-order valence-electron chi connectivity index (χ0n) is 17.4. The van der Waals surface area contributed by atoms with Crippen LogP contribution in [0.2, 0.25) is 10.0 Å². The van der Waals surface area contributed by atoms with Crippen LogP contribution < -0.4 is 10.6 Å². The lowest BCUT2D eigenvalue weighted by Crippen LogP contribution is -2.58. The molecule has 0 aliphatic carbocycles. The predicted octanol–water partition coefficient (Wildman–Crippen LogP) is 2.49. The Morgan fingerprint density at radius 3 is 2.68 bits per heavy atom. The van der Waals surface area contributed by atoms with Gasteiger partial charge in [0.2, 0.25) is 16.8 Å². The second kappa shape index (κ2) is 9.77. The van der Waals surface area contributed by atoms with Crippen LogP contribution >= 0.6 is 23.2 Å². The highest BCUT2D eigenvalue weighted by molar-refractivity contribution is 7.69. The molecule has 1 unspecified atom stereocenters. The van der Waals surface area contributed by atoms with E-state index in [9.17, 15) is 18.0 Å². The molecule has 1 atom stereocenters. The van der Waals surface area contributed by atoms with E-state index in [1.165, 1.54) is 11.2 Å². The molecule has 0 radical (unpaired) electrons. The quantitative estimate of drug-likeness (QED) is 0.411. The normalized spacial score (nSPS) is 19.6. The zero-order valence-corrected chi connectivity index (χ0v) is 19.8. The van der Waals surface area contributed by atoms with Crippen LogP contribution in [0.15, 0.2) is 18.2 Å². The number of fused-ring (bicyclic) bond motifs is 1. The lowest BCUT2D eigenvalue weighted by atomic mass is 9.85. The van der Waals surface area contributed by atoms with Gasteiger partial charge in [0.05, 0.1) is 15.6 Å². The summed E-state index contributed by atoms with van der Waals surface area (Å²) < 4.78 is 26.4. The predicted molar refractivity (Wildman–Crippen MR) is 122 cm³/mol. The van der Waals surface area contributed by atoms with Gasteiger partial charge in [-0.2, -0.15) is 0 Å². The number of thiol groups is 1. The minimum absolute atomic E-state index is 0.128. The number of nitrogens with one attached hydrogen (secondary N) is 2. The second-order valence-electron chi connectivity index (χ2n) is 7.93. The van der Waals surface area contributed by atoms with Crippen LogP contribution in [0.5, 0.6) is 0 Å². The summed E-state index contributed by atoms with van der Waals surface area (Å²) in [5, 5.41) is 7.31. The smallest absolute Gasteiger partial charge is 0.268 e. The molecule has 170 valence electrons. The monoisotopic (exact) mass is 488 g/mol. The molecule has 2 heterocycles. The SMILES string of the molecule is CC(=O)NCCCC1(NC(=O)c2cc3c(Cl)c(Cl)ccc3n2C)CCCN([SH](=O)=O)C1. The molecule has 3 rings (SSSR count). The van der Waals surface area contributed by atoms with Crippen LogP contribution in [0.25, 0.3) is 10.9 Å². The number of carbonyl (C=O) groups is 2. The topological polar surface area (TPSA) is 101 Å². The second-order valence-corrected chi connectivity index (χ2v) is 9.76. The Hall–Kier alpha value is -1.81. The molecule has 8 nitrogen and oxygen atoms in total.